The predicted molar refractivity (Wildman–Crippen MR) is 105 cm³/mol. The number of nitriles is 1. The molecule has 3 rings (SSSR count). The lowest BCUT2D eigenvalue weighted by Crippen LogP contribution is -2.21. The van der Waals surface area contributed by atoms with Crippen molar-refractivity contribution in [2.75, 3.05) is 24.4 Å². The number of fused-ring (bicyclic) bond motifs is 2. The Hall–Kier alpha value is -3.73. The molecule has 0 fully saturated rings. The maximum Gasteiger partial charge on any atom is 0.201 e. The average Bonchev–Trinajstić information content (AvgIpc) is 2.60. The van der Waals surface area contributed by atoms with Crippen LogP contribution in [0, 0.1) is 23.7 Å². The summed E-state index contributed by atoms with van der Waals surface area (Å²) in [7, 11) is 3.95. The first-order chi connectivity index (χ1) is 12.4. The summed E-state index contributed by atoms with van der Waals surface area (Å²) in [6, 6.07) is 11.4. The summed E-state index contributed by atoms with van der Waals surface area (Å²) in [5, 5.41) is 20.1. The van der Waals surface area contributed by atoms with Gasteiger partial charge in [-0.1, -0.05) is 0 Å². The lowest BCUT2D eigenvalue weighted by atomic mass is 10.1. The molecule has 0 bridgehead atoms. The lowest BCUT2D eigenvalue weighted by molar-refractivity contribution is 1.13. The Labute approximate surface area is 150 Å². The Bertz CT molecular complexity index is 1090. The zero-order valence-corrected chi connectivity index (χ0v) is 14.7. The summed E-state index contributed by atoms with van der Waals surface area (Å²) in [5.41, 5.74) is 13.6. The van der Waals surface area contributed by atoms with Crippen molar-refractivity contribution in [2.45, 2.75) is 6.92 Å². The fourth-order valence-corrected chi connectivity index (χ4v) is 2.48. The van der Waals surface area contributed by atoms with E-state index in [1.54, 1.807) is 6.07 Å². The molecule has 26 heavy (non-hydrogen) atoms. The van der Waals surface area contributed by atoms with Crippen molar-refractivity contribution in [1.82, 2.24) is 9.97 Å². The molecule has 130 valence electrons. The maximum absolute atomic E-state index is 8.94. The number of hydrogen-bond acceptors (Lipinski definition) is 7. The normalized spacial score (nSPS) is 11.4. The van der Waals surface area contributed by atoms with E-state index in [0.29, 0.717) is 11.2 Å². The molecule has 4 N–H and O–H groups in total. The molecule has 0 amide bonds. The van der Waals surface area contributed by atoms with Gasteiger partial charge in [0.05, 0.1) is 27.8 Å². The molecule has 2 aromatic carbocycles. The zero-order chi connectivity index (χ0) is 18.8. The minimum atomic E-state index is -0.388. The van der Waals surface area contributed by atoms with E-state index in [1.165, 1.54) is 0 Å². The maximum atomic E-state index is 8.94. The first-order valence-electron chi connectivity index (χ1n) is 7.86. The van der Waals surface area contributed by atoms with Gasteiger partial charge >= 0.3 is 0 Å². The summed E-state index contributed by atoms with van der Waals surface area (Å²) in [4.78, 5) is 11.4. The number of aryl methyl sites for hydroxylation is 1. The van der Waals surface area contributed by atoms with Crippen LogP contribution in [0.1, 0.15) is 5.56 Å². The van der Waals surface area contributed by atoms with Gasteiger partial charge in [-0.05, 0) is 42.8 Å². The fourth-order valence-electron chi connectivity index (χ4n) is 2.48. The number of rotatable bonds is 4. The van der Waals surface area contributed by atoms with E-state index in [2.05, 4.69) is 15.5 Å². The van der Waals surface area contributed by atoms with Gasteiger partial charge in [-0.15, -0.1) is 0 Å². The summed E-state index contributed by atoms with van der Waals surface area (Å²) >= 11 is 0. The van der Waals surface area contributed by atoms with Crippen molar-refractivity contribution < 1.29 is 0 Å². The Morgan fingerprint density at radius 3 is 2.46 bits per heavy atom. The molecule has 0 saturated carbocycles. The van der Waals surface area contributed by atoms with Crippen LogP contribution in [0.5, 0.6) is 0 Å². The van der Waals surface area contributed by atoms with Crippen LogP contribution in [-0.4, -0.2) is 35.6 Å². The van der Waals surface area contributed by atoms with Gasteiger partial charge in [0, 0.05) is 19.8 Å². The van der Waals surface area contributed by atoms with Crippen LogP contribution in [0.15, 0.2) is 35.4 Å². The predicted octanol–water partition coefficient (Wildman–Crippen LogP) is 2.38. The van der Waals surface area contributed by atoms with E-state index < -0.39 is 0 Å². The van der Waals surface area contributed by atoms with Gasteiger partial charge in [0.2, 0.25) is 5.71 Å². The van der Waals surface area contributed by atoms with Gasteiger partial charge in [0.25, 0.3) is 0 Å². The van der Waals surface area contributed by atoms with E-state index in [0.717, 1.165) is 27.8 Å². The molecule has 0 aliphatic carbocycles. The molecule has 3 aromatic rings. The van der Waals surface area contributed by atoms with Crippen LogP contribution in [0.3, 0.4) is 0 Å². The number of benzene rings is 2. The van der Waals surface area contributed by atoms with Crippen molar-refractivity contribution in [1.29, 1.82) is 10.7 Å². The van der Waals surface area contributed by atoms with Crippen LogP contribution in [0.4, 0.5) is 11.4 Å². The molecule has 1 aromatic heterocycles. The third kappa shape index (κ3) is 3.23. The summed E-state index contributed by atoms with van der Waals surface area (Å²) < 4.78 is 0. The van der Waals surface area contributed by atoms with Crippen molar-refractivity contribution in [3.8, 4) is 6.07 Å². The molecule has 0 unspecified atom stereocenters. The number of nitrogens with one attached hydrogen (secondary N) is 2. The van der Waals surface area contributed by atoms with Gasteiger partial charge < -0.3 is 10.6 Å². The molecule has 0 aliphatic heterocycles. The number of anilines is 2. The molecule has 8 nitrogen and oxygen atoms in total. The molecular weight excluding hydrogens is 328 g/mol. The van der Waals surface area contributed by atoms with E-state index >= 15 is 0 Å². The molecule has 8 heteroatoms. The van der Waals surface area contributed by atoms with E-state index in [9.17, 15) is 0 Å². The molecule has 0 saturated heterocycles. The second-order valence-corrected chi connectivity index (χ2v) is 6.04. The third-order valence-electron chi connectivity index (χ3n) is 3.93. The largest absolute Gasteiger partial charge is 0.382 e. The van der Waals surface area contributed by atoms with Crippen molar-refractivity contribution >= 4 is 45.0 Å². The summed E-state index contributed by atoms with van der Waals surface area (Å²) in [5.74, 6) is -0.388. The molecule has 0 radical (unpaired) electrons. The monoisotopic (exact) mass is 346 g/mol. The molecule has 0 spiro atoms. The molecule has 1 heterocycles. The Morgan fingerprint density at radius 2 is 1.81 bits per heavy atom. The van der Waals surface area contributed by atoms with Crippen molar-refractivity contribution in [2.24, 2.45) is 10.8 Å². The number of hydrazone groups is 1. The fraction of sp³-hybridized carbons (Fsp3) is 0.167. The van der Waals surface area contributed by atoms with Crippen LogP contribution < -0.4 is 16.1 Å². The molecule has 0 atom stereocenters. The van der Waals surface area contributed by atoms with Crippen LogP contribution in [-0.2, 0) is 0 Å². The van der Waals surface area contributed by atoms with Gasteiger partial charge in [-0.3, -0.25) is 10.8 Å². The third-order valence-corrected chi connectivity index (χ3v) is 3.93. The highest BCUT2D eigenvalue weighted by atomic mass is 15.3. The lowest BCUT2D eigenvalue weighted by Gasteiger charge is -2.13. The Morgan fingerprint density at radius 1 is 1.15 bits per heavy atom. The second-order valence-electron chi connectivity index (χ2n) is 6.04. The SMILES string of the molecule is Cc1cc2nc3ccc(N(C)C)cc3nc2cc1N/N=C(\C#N)C(=N)N. The van der Waals surface area contributed by atoms with Crippen LogP contribution in [0.2, 0.25) is 0 Å². The molecule has 0 aliphatic rings. The Balaban J connectivity index is 2.09. The quantitative estimate of drug-likeness (QED) is 0.288. The van der Waals surface area contributed by atoms with E-state index in [-0.39, 0.29) is 11.5 Å². The van der Waals surface area contributed by atoms with Gasteiger partial charge in [-0.2, -0.15) is 10.4 Å². The number of amidine groups is 1. The Kier molecular flexibility index (Phi) is 4.37. The summed E-state index contributed by atoms with van der Waals surface area (Å²) in [6.45, 7) is 1.90. The number of nitrogens with two attached hydrogens (primary N) is 1. The highest BCUT2D eigenvalue weighted by molar-refractivity contribution is 6.45. The highest BCUT2D eigenvalue weighted by Crippen LogP contribution is 2.25. The number of nitrogens with zero attached hydrogens (tertiary/aromatic N) is 5. The van der Waals surface area contributed by atoms with Crippen LogP contribution >= 0.6 is 0 Å². The number of hydrogen-bond donors (Lipinski definition) is 3. The first-order valence-corrected chi connectivity index (χ1v) is 7.86. The summed E-state index contributed by atoms with van der Waals surface area (Å²) in [6.07, 6.45) is 0. The first kappa shape index (κ1) is 17.1. The minimum Gasteiger partial charge on any atom is -0.382 e. The average molecular weight is 346 g/mol. The number of aromatic nitrogens is 2. The van der Waals surface area contributed by atoms with Crippen LogP contribution in [0.25, 0.3) is 22.1 Å². The topological polar surface area (TPSA) is 127 Å². The standard InChI is InChI=1S/C18H18N8/c1-10-6-14-16(8-13(10)24-25-17(9-19)18(20)21)23-15-7-11(26(2)3)4-5-12(15)22-14/h4-8,24H,1-3H3,(H3,20,21)/b25-17+. The van der Waals surface area contributed by atoms with E-state index in [4.69, 9.17) is 21.4 Å². The minimum absolute atomic E-state index is 0.176. The van der Waals surface area contributed by atoms with Gasteiger partial charge in [0.1, 0.15) is 6.07 Å². The smallest absolute Gasteiger partial charge is 0.201 e. The van der Waals surface area contributed by atoms with Crippen molar-refractivity contribution in [3.05, 3.63) is 35.9 Å². The van der Waals surface area contributed by atoms with Gasteiger partial charge in [0.15, 0.2) is 5.84 Å². The highest BCUT2D eigenvalue weighted by Gasteiger charge is 2.08. The second kappa shape index (κ2) is 6.64. The molecular formula is C18H18N8. The van der Waals surface area contributed by atoms with Crippen molar-refractivity contribution in [3.63, 3.8) is 0 Å². The van der Waals surface area contributed by atoms with Gasteiger partial charge in [-0.25, -0.2) is 9.97 Å². The zero-order valence-electron chi connectivity index (χ0n) is 14.7. The van der Waals surface area contributed by atoms with E-state index in [1.807, 2.05) is 56.3 Å².